The van der Waals surface area contributed by atoms with Crippen LogP contribution in [0.5, 0.6) is 0 Å². The Morgan fingerprint density at radius 3 is 1.83 bits per heavy atom. The van der Waals surface area contributed by atoms with E-state index in [1.807, 2.05) is 0 Å². The Balaban J connectivity index is 3.32. The fraction of sp³-hybridized carbons (Fsp3) is 0.308. The number of carbonyl (C=O) groups excluding carboxylic acids is 1. The van der Waals surface area contributed by atoms with E-state index in [9.17, 15) is 44.3 Å². The van der Waals surface area contributed by atoms with E-state index >= 15 is 0 Å². The molecular formula is C13H8F9NO. The second kappa shape index (κ2) is 6.02. The minimum atomic E-state index is -6.10. The van der Waals surface area contributed by atoms with Gasteiger partial charge in [0.25, 0.3) is 11.3 Å². The molecule has 1 rings (SSSR count). The number of rotatable bonds is 3. The predicted octanol–water partition coefficient (Wildman–Crippen LogP) is 4.94. The molecule has 0 unspecified atom stereocenters. The van der Waals surface area contributed by atoms with Crippen molar-refractivity contribution in [2.24, 2.45) is 5.41 Å². The van der Waals surface area contributed by atoms with Gasteiger partial charge in [0.1, 0.15) is 0 Å². The Morgan fingerprint density at radius 1 is 0.958 bits per heavy atom. The second-order valence-corrected chi connectivity index (χ2v) is 4.54. The van der Waals surface area contributed by atoms with E-state index in [-0.39, 0.29) is 6.07 Å². The highest BCUT2D eigenvalue weighted by Gasteiger charge is 2.73. The molecule has 1 aromatic rings. The van der Waals surface area contributed by atoms with Gasteiger partial charge in [0, 0.05) is 5.69 Å². The molecule has 0 atom stereocenters. The third-order valence-electron chi connectivity index (χ3n) is 3.01. The molecule has 1 amide bonds. The molecule has 0 saturated heterocycles. The standard InChI is InChI=1S/C13H8F9NO/c1-2-10(12(17,18)19,13(20,21)22)9(24)23-8-5-3-4-7(6-8)11(14,15)16/h2-6H,1H2,(H,23,24). The molecule has 0 saturated carbocycles. The van der Waals surface area contributed by atoms with Crippen molar-refractivity contribution in [2.75, 3.05) is 5.32 Å². The summed E-state index contributed by atoms with van der Waals surface area (Å²) in [6.07, 6.45) is -17.7. The first-order chi connectivity index (χ1) is 10.7. The first-order valence-electron chi connectivity index (χ1n) is 5.92. The SMILES string of the molecule is C=CC(C(=O)Nc1cccc(C(F)(F)F)c1)(C(F)(F)F)C(F)(F)F. The van der Waals surface area contributed by atoms with Crippen LogP contribution in [0.3, 0.4) is 0 Å². The summed E-state index contributed by atoms with van der Waals surface area (Å²) >= 11 is 0. The average molecular weight is 365 g/mol. The van der Waals surface area contributed by atoms with Gasteiger partial charge in [-0.2, -0.15) is 39.5 Å². The minimum absolute atomic E-state index is 0.207. The summed E-state index contributed by atoms with van der Waals surface area (Å²) in [6.45, 7) is 2.40. The number of benzene rings is 1. The molecule has 1 N–H and O–H groups in total. The topological polar surface area (TPSA) is 29.1 Å². The van der Waals surface area contributed by atoms with Crippen molar-refractivity contribution >= 4 is 11.6 Å². The summed E-state index contributed by atoms with van der Waals surface area (Å²) in [4.78, 5) is 11.6. The van der Waals surface area contributed by atoms with Crippen LogP contribution in [-0.4, -0.2) is 18.3 Å². The number of hydrogen-bond acceptors (Lipinski definition) is 1. The summed E-state index contributed by atoms with van der Waals surface area (Å²) in [5, 5.41) is 1.21. The lowest BCUT2D eigenvalue weighted by Crippen LogP contribution is -2.56. The van der Waals surface area contributed by atoms with Crippen molar-refractivity contribution in [1.29, 1.82) is 0 Å². The van der Waals surface area contributed by atoms with E-state index in [4.69, 9.17) is 0 Å². The number of nitrogens with one attached hydrogen (secondary N) is 1. The lowest BCUT2D eigenvalue weighted by atomic mass is 9.85. The monoisotopic (exact) mass is 365 g/mol. The van der Waals surface area contributed by atoms with Crippen LogP contribution in [0.4, 0.5) is 45.2 Å². The van der Waals surface area contributed by atoms with E-state index in [1.54, 1.807) is 0 Å². The van der Waals surface area contributed by atoms with Gasteiger partial charge in [0.05, 0.1) is 5.56 Å². The summed E-state index contributed by atoms with van der Waals surface area (Å²) in [5.41, 5.74) is -7.20. The van der Waals surface area contributed by atoms with Crippen LogP contribution in [-0.2, 0) is 11.0 Å². The van der Waals surface area contributed by atoms with Gasteiger partial charge >= 0.3 is 18.5 Å². The molecule has 0 aliphatic carbocycles. The van der Waals surface area contributed by atoms with Crippen LogP contribution < -0.4 is 5.32 Å². The maximum atomic E-state index is 12.9. The summed E-state index contributed by atoms with van der Waals surface area (Å²) < 4.78 is 115. The normalized spacial score (nSPS) is 13.5. The van der Waals surface area contributed by atoms with Crippen LogP contribution in [0.25, 0.3) is 0 Å². The summed E-state index contributed by atoms with van der Waals surface area (Å²) in [7, 11) is 0. The molecule has 2 nitrogen and oxygen atoms in total. The van der Waals surface area contributed by atoms with Gasteiger partial charge in [-0.05, 0) is 18.2 Å². The van der Waals surface area contributed by atoms with Crippen molar-refractivity contribution in [3.8, 4) is 0 Å². The van der Waals surface area contributed by atoms with Crippen molar-refractivity contribution in [3.63, 3.8) is 0 Å². The van der Waals surface area contributed by atoms with Gasteiger partial charge in [-0.1, -0.05) is 12.1 Å². The van der Waals surface area contributed by atoms with Crippen molar-refractivity contribution in [3.05, 3.63) is 42.5 Å². The predicted molar refractivity (Wildman–Crippen MR) is 64.8 cm³/mol. The minimum Gasteiger partial charge on any atom is -0.325 e. The van der Waals surface area contributed by atoms with Crippen LogP contribution in [0.2, 0.25) is 0 Å². The third-order valence-corrected chi connectivity index (χ3v) is 3.01. The van der Waals surface area contributed by atoms with Gasteiger partial charge in [-0.15, -0.1) is 6.58 Å². The summed E-state index contributed by atoms with van der Waals surface area (Å²) in [6, 6.07) is 2.17. The molecule has 0 heterocycles. The van der Waals surface area contributed by atoms with E-state index in [1.165, 1.54) is 5.32 Å². The Bertz CT molecular complexity index is 614. The number of hydrogen-bond donors (Lipinski definition) is 1. The van der Waals surface area contributed by atoms with Crippen LogP contribution in [0.15, 0.2) is 36.9 Å². The largest absolute Gasteiger partial charge is 0.416 e. The zero-order valence-electron chi connectivity index (χ0n) is 11.4. The van der Waals surface area contributed by atoms with Crippen molar-refractivity contribution < 1.29 is 44.3 Å². The van der Waals surface area contributed by atoms with E-state index in [2.05, 4.69) is 6.58 Å². The smallest absolute Gasteiger partial charge is 0.325 e. The molecule has 0 aromatic heterocycles. The number of amides is 1. The number of anilines is 1. The van der Waals surface area contributed by atoms with Gasteiger partial charge in [0.2, 0.25) is 0 Å². The van der Waals surface area contributed by atoms with Crippen LogP contribution >= 0.6 is 0 Å². The molecular weight excluding hydrogens is 357 g/mol. The van der Waals surface area contributed by atoms with Gasteiger partial charge < -0.3 is 5.32 Å². The summed E-state index contributed by atoms with van der Waals surface area (Å²) in [5.74, 6) is -2.61. The quantitative estimate of drug-likeness (QED) is 0.597. The molecule has 0 spiro atoms. The zero-order chi connectivity index (χ0) is 19.0. The van der Waals surface area contributed by atoms with Gasteiger partial charge in [-0.3, -0.25) is 4.79 Å². The number of alkyl halides is 9. The van der Waals surface area contributed by atoms with Crippen molar-refractivity contribution in [1.82, 2.24) is 0 Å². The average Bonchev–Trinajstić information content (AvgIpc) is 2.35. The molecule has 0 aliphatic rings. The third kappa shape index (κ3) is 3.49. The maximum absolute atomic E-state index is 12.9. The van der Waals surface area contributed by atoms with Crippen molar-refractivity contribution in [2.45, 2.75) is 18.5 Å². The Labute approximate surface area is 128 Å². The van der Waals surface area contributed by atoms with Gasteiger partial charge in [0.15, 0.2) is 0 Å². The first kappa shape index (κ1) is 19.8. The Kier molecular flexibility index (Phi) is 4.98. The fourth-order valence-electron chi connectivity index (χ4n) is 1.75. The highest BCUT2D eigenvalue weighted by Crippen LogP contribution is 2.51. The fourth-order valence-corrected chi connectivity index (χ4v) is 1.75. The van der Waals surface area contributed by atoms with E-state index in [0.717, 1.165) is 6.07 Å². The molecule has 24 heavy (non-hydrogen) atoms. The Hall–Kier alpha value is -2.20. The lowest BCUT2D eigenvalue weighted by Gasteiger charge is -2.33. The highest BCUT2D eigenvalue weighted by molar-refractivity contribution is 5.98. The molecule has 0 radical (unpaired) electrons. The first-order valence-corrected chi connectivity index (χ1v) is 5.92. The molecule has 0 aliphatic heterocycles. The van der Waals surface area contributed by atoms with Gasteiger partial charge in [-0.25, -0.2) is 0 Å². The number of halogens is 9. The zero-order valence-corrected chi connectivity index (χ0v) is 11.4. The maximum Gasteiger partial charge on any atom is 0.416 e. The lowest BCUT2D eigenvalue weighted by molar-refractivity contribution is -0.305. The molecule has 1 aromatic carbocycles. The highest BCUT2D eigenvalue weighted by atomic mass is 19.4. The molecule has 0 bridgehead atoms. The van der Waals surface area contributed by atoms with E-state index in [0.29, 0.717) is 12.1 Å². The van der Waals surface area contributed by atoms with Crippen LogP contribution in [0, 0.1) is 5.41 Å². The molecule has 11 heteroatoms. The molecule has 134 valence electrons. The number of carbonyl (C=O) groups is 1. The van der Waals surface area contributed by atoms with E-state index < -0.39 is 47.2 Å². The Morgan fingerprint density at radius 2 is 1.46 bits per heavy atom. The molecule has 0 fully saturated rings. The second-order valence-electron chi connectivity index (χ2n) is 4.54. The van der Waals surface area contributed by atoms with Crippen LogP contribution in [0.1, 0.15) is 5.56 Å².